The van der Waals surface area contributed by atoms with E-state index in [1.165, 1.54) is 37.6 Å². The van der Waals surface area contributed by atoms with Crippen molar-refractivity contribution in [2.24, 2.45) is 0 Å². The number of halogens is 1. The van der Waals surface area contributed by atoms with Crippen molar-refractivity contribution in [1.29, 1.82) is 0 Å². The van der Waals surface area contributed by atoms with E-state index in [9.17, 15) is 18.8 Å². The average molecular weight is 332 g/mol. The topological polar surface area (TPSA) is 77.4 Å². The summed E-state index contributed by atoms with van der Waals surface area (Å²) < 4.78 is 18.9. The van der Waals surface area contributed by atoms with Gasteiger partial charge in [-0.1, -0.05) is 6.07 Å². The summed E-state index contributed by atoms with van der Waals surface area (Å²) in [6.45, 7) is 0.469. The Morgan fingerprint density at radius 1 is 1.21 bits per heavy atom. The first kappa shape index (κ1) is 17.6. The summed E-state index contributed by atoms with van der Waals surface area (Å²) in [7, 11) is 1.48. The molecular weight excluding hydrogens is 315 g/mol. The van der Waals surface area contributed by atoms with Crippen molar-refractivity contribution in [3.8, 4) is 0 Å². The Kier molecular flexibility index (Phi) is 5.97. The second-order valence-corrected chi connectivity index (χ2v) is 5.00. The maximum Gasteiger partial charge on any atom is 0.251 e. The smallest absolute Gasteiger partial charge is 0.251 e. The van der Waals surface area contributed by atoms with E-state index in [1.807, 2.05) is 0 Å². The van der Waals surface area contributed by atoms with Gasteiger partial charge < -0.3 is 10.1 Å². The molecule has 0 aliphatic carbocycles. The Balaban J connectivity index is 2.37. The van der Waals surface area contributed by atoms with Crippen LogP contribution in [0.3, 0.4) is 0 Å². The van der Waals surface area contributed by atoms with Crippen LogP contribution in [0.25, 0.3) is 0 Å². The quantitative estimate of drug-likeness (QED) is 0.469. The predicted octanol–water partition coefficient (Wildman–Crippen LogP) is 1.17. The highest BCUT2D eigenvalue weighted by molar-refractivity contribution is 6.11. The molecule has 1 heterocycles. The molecular formula is C17H17FN2O4. The molecule has 1 aromatic heterocycles. The standard InChI is InChI=1S/C17H17FN2O4/c1-24-11-9-19-17(23)15(20-10-3-2-4-14(20)21)16(22)12-5-7-13(18)8-6-12/h2-8,10,15H,9,11H2,1H3,(H,19,23)/t15-/m0/s1. The summed E-state index contributed by atoms with van der Waals surface area (Å²) in [5, 5.41) is 2.55. The van der Waals surface area contributed by atoms with Crippen LogP contribution in [0.5, 0.6) is 0 Å². The van der Waals surface area contributed by atoms with Crippen LogP contribution < -0.4 is 10.9 Å². The minimum Gasteiger partial charge on any atom is -0.383 e. The fourth-order valence-electron chi connectivity index (χ4n) is 2.17. The molecule has 1 N–H and O–H groups in total. The van der Waals surface area contributed by atoms with Crippen molar-refractivity contribution in [1.82, 2.24) is 9.88 Å². The lowest BCUT2D eigenvalue weighted by Gasteiger charge is -2.18. The molecule has 24 heavy (non-hydrogen) atoms. The van der Waals surface area contributed by atoms with E-state index in [1.54, 1.807) is 6.07 Å². The number of carbonyl (C=O) groups excluding carboxylic acids is 2. The number of pyridine rings is 1. The van der Waals surface area contributed by atoms with Gasteiger partial charge in [-0.2, -0.15) is 0 Å². The second-order valence-electron chi connectivity index (χ2n) is 5.00. The maximum absolute atomic E-state index is 13.0. The highest BCUT2D eigenvalue weighted by Gasteiger charge is 2.29. The number of rotatable bonds is 7. The van der Waals surface area contributed by atoms with E-state index >= 15 is 0 Å². The van der Waals surface area contributed by atoms with Gasteiger partial charge in [0.05, 0.1) is 6.61 Å². The number of methoxy groups -OCH3 is 1. The minimum atomic E-state index is -1.37. The zero-order chi connectivity index (χ0) is 17.5. The van der Waals surface area contributed by atoms with Crippen molar-refractivity contribution in [3.05, 3.63) is 70.4 Å². The van der Waals surface area contributed by atoms with E-state index < -0.39 is 29.1 Å². The van der Waals surface area contributed by atoms with Crippen LogP contribution in [0.1, 0.15) is 16.4 Å². The first-order valence-electron chi connectivity index (χ1n) is 7.28. The number of ether oxygens (including phenoxy) is 1. The lowest BCUT2D eigenvalue weighted by molar-refractivity contribution is -0.123. The van der Waals surface area contributed by atoms with Crippen LogP contribution in [-0.4, -0.2) is 36.5 Å². The molecule has 0 radical (unpaired) electrons. The number of carbonyl (C=O) groups is 2. The molecule has 126 valence electrons. The lowest BCUT2D eigenvalue weighted by atomic mass is 10.0. The van der Waals surface area contributed by atoms with Crippen LogP contribution in [0, 0.1) is 5.82 Å². The summed E-state index contributed by atoms with van der Waals surface area (Å²) in [6, 6.07) is 7.76. The summed E-state index contributed by atoms with van der Waals surface area (Å²) >= 11 is 0. The van der Waals surface area contributed by atoms with E-state index in [4.69, 9.17) is 4.74 Å². The van der Waals surface area contributed by atoms with Gasteiger partial charge in [0.25, 0.3) is 11.5 Å². The molecule has 0 aliphatic heterocycles. The second kappa shape index (κ2) is 8.16. The monoisotopic (exact) mass is 332 g/mol. The Bertz CT molecular complexity index is 771. The molecule has 1 amide bonds. The molecule has 0 fully saturated rings. The van der Waals surface area contributed by atoms with Crippen LogP contribution >= 0.6 is 0 Å². The van der Waals surface area contributed by atoms with Crippen LogP contribution in [0.15, 0.2) is 53.5 Å². The maximum atomic E-state index is 13.0. The Morgan fingerprint density at radius 3 is 2.54 bits per heavy atom. The van der Waals surface area contributed by atoms with Crippen molar-refractivity contribution < 1.29 is 18.7 Å². The van der Waals surface area contributed by atoms with Crippen LogP contribution in [0.2, 0.25) is 0 Å². The van der Waals surface area contributed by atoms with Gasteiger partial charge >= 0.3 is 0 Å². The molecule has 0 spiro atoms. The number of benzene rings is 1. The number of hydrogen-bond acceptors (Lipinski definition) is 4. The van der Waals surface area contributed by atoms with Gasteiger partial charge in [0.1, 0.15) is 5.82 Å². The van der Waals surface area contributed by atoms with Crippen molar-refractivity contribution in [2.75, 3.05) is 20.3 Å². The molecule has 1 atom stereocenters. The first-order chi connectivity index (χ1) is 11.5. The zero-order valence-corrected chi connectivity index (χ0v) is 13.1. The Hall–Kier alpha value is -2.80. The number of Topliss-reactive ketones (excluding diaryl/α,β-unsaturated/α-hetero) is 1. The summed E-state index contributed by atoms with van der Waals surface area (Å²) in [6.07, 6.45) is 1.37. The zero-order valence-electron chi connectivity index (χ0n) is 13.1. The predicted molar refractivity (Wildman–Crippen MR) is 85.4 cm³/mol. The number of aromatic nitrogens is 1. The number of amides is 1. The SMILES string of the molecule is COCCNC(=O)[C@H](C(=O)c1ccc(F)cc1)n1ccccc1=O. The van der Waals surface area contributed by atoms with Crippen LogP contribution in [0.4, 0.5) is 4.39 Å². The molecule has 6 nitrogen and oxygen atoms in total. The number of nitrogens with zero attached hydrogens (tertiary/aromatic N) is 1. The number of hydrogen-bond donors (Lipinski definition) is 1. The number of nitrogens with one attached hydrogen (secondary N) is 1. The van der Waals surface area contributed by atoms with Gasteiger partial charge in [0.15, 0.2) is 11.8 Å². The van der Waals surface area contributed by atoms with Gasteiger partial charge in [0, 0.05) is 31.5 Å². The third-order valence-electron chi connectivity index (χ3n) is 3.36. The molecule has 1 aromatic carbocycles. The third-order valence-corrected chi connectivity index (χ3v) is 3.36. The normalized spacial score (nSPS) is 11.8. The van der Waals surface area contributed by atoms with E-state index in [2.05, 4.69) is 5.32 Å². The fourth-order valence-corrected chi connectivity index (χ4v) is 2.17. The molecule has 0 aliphatic rings. The summed E-state index contributed by atoms with van der Waals surface area (Å²) in [4.78, 5) is 37.2. The molecule has 2 aromatic rings. The van der Waals surface area contributed by atoms with E-state index in [-0.39, 0.29) is 18.7 Å². The van der Waals surface area contributed by atoms with Crippen molar-refractivity contribution >= 4 is 11.7 Å². The van der Waals surface area contributed by atoms with Gasteiger partial charge in [-0.05, 0) is 30.3 Å². The van der Waals surface area contributed by atoms with Crippen molar-refractivity contribution in [2.45, 2.75) is 6.04 Å². The Labute approximate surface area is 137 Å². The van der Waals surface area contributed by atoms with E-state index in [0.29, 0.717) is 0 Å². The van der Waals surface area contributed by atoms with Crippen molar-refractivity contribution in [3.63, 3.8) is 0 Å². The highest BCUT2D eigenvalue weighted by atomic mass is 19.1. The van der Waals surface area contributed by atoms with Gasteiger partial charge in [-0.3, -0.25) is 19.0 Å². The molecule has 0 unspecified atom stereocenters. The molecule has 7 heteroatoms. The molecule has 0 saturated carbocycles. The minimum absolute atomic E-state index is 0.138. The Morgan fingerprint density at radius 2 is 1.92 bits per heavy atom. The van der Waals surface area contributed by atoms with Gasteiger partial charge in [0.2, 0.25) is 0 Å². The summed E-state index contributed by atoms with van der Waals surface area (Å²) in [5.74, 6) is -1.72. The molecule has 2 rings (SSSR count). The van der Waals surface area contributed by atoms with Crippen LogP contribution in [-0.2, 0) is 9.53 Å². The third kappa shape index (κ3) is 4.14. The highest BCUT2D eigenvalue weighted by Crippen LogP contribution is 2.14. The average Bonchev–Trinajstić information content (AvgIpc) is 2.57. The number of ketones is 1. The van der Waals surface area contributed by atoms with Gasteiger partial charge in [-0.25, -0.2) is 4.39 Å². The lowest BCUT2D eigenvalue weighted by Crippen LogP contribution is -2.42. The fraction of sp³-hybridized carbons (Fsp3) is 0.235. The largest absolute Gasteiger partial charge is 0.383 e. The molecule has 0 saturated heterocycles. The first-order valence-corrected chi connectivity index (χ1v) is 7.28. The molecule has 0 bridgehead atoms. The van der Waals surface area contributed by atoms with E-state index in [0.717, 1.165) is 16.7 Å². The summed E-state index contributed by atoms with van der Waals surface area (Å²) in [5.41, 5.74) is -0.348. The van der Waals surface area contributed by atoms with Gasteiger partial charge in [-0.15, -0.1) is 0 Å².